The molecule has 16 heavy (non-hydrogen) atoms. The third-order valence-electron chi connectivity index (χ3n) is 2.23. The molecule has 84 valence electrons. The lowest BCUT2D eigenvalue weighted by Gasteiger charge is -2.06. The molecule has 0 unspecified atom stereocenters. The first kappa shape index (κ1) is 12.3. The number of nitrogen functional groups attached to an aromatic ring is 2. The SMILES string of the molecule is Cl.Nc1ccc(-c2ccc(F)cc2)c(N)c1. The van der Waals surface area contributed by atoms with Crippen molar-refractivity contribution >= 4 is 23.8 Å². The molecule has 0 atom stereocenters. The van der Waals surface area contributed by atoms with E-state index in [-0.39, 0.29) is 18.2 Å². The van der Waals surface area contributed by atoms with E-state index in [0.29, 0.717) is 11.4 Å². The van der Waals surface area contributed by atoms with Gasteiger partial charge in [-0.15, -0.1) is 12.4 Å². The second kappa shape index (κ2) is 4.86. The summed E-state index contributed by atoms with van der Waals surface area (Å²) in [5.41, 5.74) is 14.4. The second-order valence-corrected chi connectivity index (χ2v) is 3.35. The van der Waals surface area contributed by atoms with Gasteiger partial charge in [0.15, 0.2) is 0 Å². The van der Waals surface area contributed by atoms with Gasteiger partial charge in [-0.3, -0.25) is 0 Å². The van der Waals surface area contributed by atoms with E-state index in [1.165, 1.54) is 12.1 Å². The summed E-state index contributed by atoms with van der Waals surface area (Å²) in [6.45, 7) is 0. The number of hydrogen-bond donors (Lipinski definition) is 2. The fourth-order valence-electron chi connectivity index (χ4n) is 1.47. The molecule has 2 nitrogen and oxygen atoms in total. The van der Waals surface area contributed by atoms with Gasteiger partial charge in [-0.2, -0.15) is 0 Å². The molecule has 2 aromatic rings. The van der Waals surface area contributed by atoms with E-state index in [2.05, 4.69) is 0 Å². The quantitative estimate of drug-likeness (QED) is 0.751. The van der Waals surface area contributed by atoms with Crippen LogP contribution in [-0.4, -0.2) is 0 Å². The molecule has 0 aromatic heterocycles. The van der Waals surface area contributed by atoms with E-state index in [1.807, 2.05) is 6.07 Å². The fraction of sp³-hybridized carbons (Fsp3) is 0. The highest BCUT2D eigenvalue weighted by atomic mass is 35.5. The van der Waals surface area contributed by atoms with Crippen LogP contribution in [0.3, 0.4) is 0 Å². The minimum atomic E-state index is -0.257. The molecular formula is C12H12ClFN2. The first-order valence-electron chi connectivity index (χ1n) is 4.58. The molecule has 2 aromatic carbocycles. The Morgan fingerprint density at radius 2 is 1.50 bits per heavy atom. The van der Waals surface area contributed by atoms with Gasteiger partial charge < -0.3 is 11.5 Å². The van der Waals surface area contributed by atoms with Gasteiger partial charge in [-0.25, -0.2) is 4.39 Å². The smallest absolute Gasteiger partial charge is 0.123 e. The molecule has 0 fully saturated rings. The molecule has 0 amide bonds. The van der Waals surface area contributed by atoms with Crippen molar-refractivity contribution in [3.63, 3.8) is 0 Å². The average Bonchev–Trinajstić information content (AvgIpc) is 2.20. The first-order valence-corrected chi connectivity index (χ1v) is 4.58. The number of rotatable bonds is 1. The minimum Gasteiger partial charge on any atom is -0.399 e. The van der Waals surface area contributed by atoms with Crippen LogP contribution in [0.15, 0.2) is 42.5 Å². The molecule has 0 aliphatic carbocycles. The molecule has 0 aliphatic heterocycles. The van der Waals surface area contributed by atoms with E-state index >= 15 is 0 Å². The van der Waals surface area contributed by atoms with Crippen LogP contribution < -0.4 is 11.5 Å². The number of benzene rings is 2. The maximum Gasteiger partial charge on any atom is 0.123 e. The van der Waals surface area contributed by atoms with Crippen molar-refractivity contribution in [3.05, 3.63) is 48.3 Å². The molecule has 0 radical (unpaired) electrons. The van der Waals surface area contributed by atoms with Crippen molar-refractivity contribution in [1.29, 1.82) is 0 Å². The predicted molar refractivity (Wildman–Crippen MR) is 67.9 cm³/mol. The summed E-state index contributed by atoms with van der Waals surface area (Å²) in [6, 6.07) is 11.5. The van der Waals surface area contributed by atoms with Crippen molar-refractivity contribution < 1.29 is 4.39 Å². The van der Waals surface area contributed by atoms with Crippen LogP contribution in [0.5, 0.6) is 0 Å². The zero-order valence-corrected chi connectivity index (χ0v) is 9.30. The number of halogens is 2. The molecule has 0 spiro atoms. The van der Waals surface area contributed by atoms with Gasteiger partial charge in [0, 0.05) is 16.9 Å². The van der Waals surface area contributed by atoms with Crippen LogP contribution >= 0.6 is 12.4 Å². The lowest BCUT2D eigenvalue weighted by molar-refractivity contribution is 0.628. The zero-order chi connectivity index (χ0) is 10.8. The Balaban J connectivity index is 0.00000128. The molecule has 2 rings (SSSR count). The Morgan fingerprint density at radius 3 is 2.06 bits per heavy atom. The summed E-state index contributed by atoms with van der Waals surface area (Å²) in [4.78, 5) is 0. The van der Waals surface area contributed by atoms with Crippen LogP contribution in [0.2, 0.25) is 0 Å². The first-order chi connectivity index (χ1) is 7.16. The van der Waals surface area contributed by atoms with Crippen LogP contribution in [0.25, 0.3) is 11.1 Å². The number of nitrogens with two attached hydrogens (primary N) is 2. The van der Waals surface area contributed by atoms with Gasteiger partial charge >= 0.3 is 0 Å². The topological polar surface area (TPSA) is 52.0 Å². The molecule has 0 saturated heterocycles. The van der Waals surface area contributed by atoms with Crippen LogP contribution in [0.4, 0.5) is 15.8 Å². The normalized spacial score (nSPS) is 9.56. The Morgan fingerprint density at radius 1 is 0.875 bits per heavy atom. The van der Waals surface area contributed by atoms with E-state index < -0.39 is 0 Å². The number of anilines is 2. The van der Waals surface area contributed by atoms with E-state index in [4.69, 9.17) is 11.5 Å². The molecular weight excluding hydrogens is 227 g/mol. The molecule has 0 heterocycles. The van der Waals surface area contributed by atoms with Gasteiger partial charge in [-0.1, -0.05) is 18.2 Å². The van der Waals surface area contributed by atoms with Gasteiger partial charge in [0.2, 0.25) is 0 Å². The molecule has 0 aliphatic rings. The highest BCUT2D eigenvalue weighted by Crippen LogP contribution is 2.27. The lowest BCUT2D eigenvalue weighted by atomic mass is 10.0. The standard InChI is InChI=1S/C12H11FN2.ClH/c13-9-3-1-8(2-4-9)11-6-5-10(14)7-12(11)15;/h1-7H,14-15H2;1H. The summed E-state index contributed by atoms with van der Waals surface area (Å²) >= 11 is 0. The summed E-state index contributed by atoms with van der Waals surface area (Å²) in [7, 11) is 0. The minimum absolute atomic E-state index is 0. The van der Waals surface area contributed by atoms with Crippen molar-refractivity contribution in [3.8, 4) is 11.1 Å². The monoisotopic (exact) mass is 238 g/mol. The van der Waals surface area contributed by atoms with E-state index in [0.717, 1.165) is 11.1 Å². The number of hydrogen-bond acceptors (Lipinski definition) is 2. The molecule has 4 heteroatoms. The second-order valence-electron chi connectivity index (χ2n) is 3.35. The van der Waals surface area contributed by atoms with Crippen LogP contribution in [-0.2, 0) is 0 Å². The molecule has 0 saturated carbocycles. The Bertz CT molecular complexity index is 483. The Kier molecular flexibility index (Phi) is 3.74. The van der Waals surface area contributed by atoms with E-state index in [1.54, 1.807) is 24.3 Å². The van der Waals surface area contributed by atoms with Crippen LogP contribution in [0, 0.1) is 5.82 Å². The van der Waals surface area contributed by atoms with Gasteiger partial charge in [-0.05, 0) is 29.8 Å². The average molecular weight is 239 g/mol. The summed E-state index contributed by atoms with van der Waals surface area (Å²) < 4.78 is 12.7. The van der Waals surface area contributed by atoms with Gasteiger partial charge in [0.25, 0.3) is 0 Å². The highest BCUT2D eigenvalue weighted by Gasteiger charge is 2.02. The molecule has 4 N–H and O–H groups in total. The van der Waals surface area contributed by atoms with Crippen molar-refractivity contribution in [1.82, 2.24) is 0 Å². The Labute approximate surface area is 99.5 Å². The Hall–Kier alpha value is -1.74. The third kappa shape index (κ3) is 2.44. The highest BCUT2D eigenvalue weighted by molar-refractivity contribution is 5.85. The van der Waals surface area contributed by atoms with Gasteiger partial charge in [0.1, 0.15) is 5.82 Å². The van der Waals surface area contributed by atoms with Crippen molar-refractivity contribution in [2.75, 3.05) is 11.5 Å². The molecule has 0 bridgehead atoms. The predicted octanol–water partition coefficient (Wildman–Crippen LogP) is 3.08. The van der Waals surface area contributed by atoms with E-state index in [9.17, 15) is 4.39 Å². The van der Waals surface area contributed by atoms with Crippen molar-refractivity contribution in [2.24, 2.45) is 0 Å². The summed E-state index contributed by atoms with van der Waals surface area (Å²) in [5.74, 6) is -0.257. The van der Waals surface area contributed by atoms with Gasteiger partial charge in [0.05, 0.1) is 0 Å². The third-order valence-corrected chi connectivity index (χ3v) is 2.23. The van der Waals surface area contributed by atoms with Crippen molar-refractivity contribution in [2.45, 2.75) is 0 Å². The largest absolute Gasteiger partial charge is 0.399 e. The maximum atomic E-state index is 12.7. The van der Waals surface area contributed by atoms with Crippen LogP contribution in [0.1, 0.15) is 0 Å². The fourth-order valence-corrected chi connectivity index (χ4v) is 1.47. The maximum absolute atomic E-state index is 12.7. The summed E-state index contributed by atoms with van der Waals surface area (Å²) in [6.07, 6.45) is 0. The zero-order valence-electron chi connectivity index (χ0n) is 8.48. The summed E-state index contributed by atoms with van der Waals surface area (Å²) in [5, 5.41) is 0. The lowest BCUT2D eigenvalue weighted by Crippen LogP contribution is -1.93.